The van der Waals surface area contributed by atoms with E-state index in [9.17, 15) is 8.78 Å². The maximum atomic E-state index is 13.7. The second-order valence-electron chi connectivity index (χ2n) is 4.19. The normalized spacial score (nSPS) is 10.8. The fourth-order valence-corrected chi connectivity index (χ4v) is 1.79. The smallest absolute Gasteiger partial charge is 0.235 e. The number of halogens is 2. The van der Waals surface area contributed by atoms with Gasteiger partial charge in [0.1, 0.15) is 11.2 Å². The largest absolute Gasteiger partial charge is 0.435 e. The highest BCUT2D eigenvalue weighted by atomic mass is 19.1. The van der Waals surface area contributed by atoms with Gasteiger partial charge < -0.3 is 10.1 Å². The predicted molar refractivity (Wildman–Crippen MR) is 72.3 cm³/mol. The minimum absolute atomic E-state index is 0.125. The molecule has 0 spiro atoms. The number of aromatic nitrogens is 4. The van der Waals surface area contributed by atoms with Crippen LogP contribution in [-0.2, 0) is 0 Å². The van der Waals surface area contributed by atoms with Gasteiger partial charge in [-0.05, 0) is 19.1 Å². The Hall–Kier alpha value is -2.77. The Labute approximate surface area is 118 Å². The van der Waals surface area contributed by atoms with E-state index in [0.29, 0.717) is 23.5 Å². The highest BCUT2D eigenvalue weighted by molar-refractivity contribution is 5.80. The maximum Gasteiger partial charge on any atom is 0.235 e. The van der Waals surface area contributed by atoms with Crippen LogP contribution in [0.1, 0.15) is 6.92 Å². The second-order valence-corrected chi connectivity index (χ2v) is 4.19. The van der Waals surface area contributed by atoms with Crippen LogP contribution in [0.5, 0.6) is 11.6 Å². The molecular formula is C13H11F2N5O. The third kappa shape index (κ3) is 2.60. The van der Waals surface area contributed by atoms with Crippen molar-refractivity contribution in [3.05, 3.63) is 36.0 Å². The molecule has 2 aromatic heterocycles. The molecule has 0 unspecified atom stereocenters. The average Bonchev–Trinajstić information content (AvgIpc) is 2.91. The molecule has 0 aliphatic heterocycles. The van der Waals surface area contributed by atoms with Crippen molar-refractivity contribution in [2.45, 2.75) is 6.92 Å². The first-order chi connectivity index (χ1) is 10.2. The molecule has 0 aliphatic rings. The van der Waals surface area contributed by atoms with E-state index in [1.807, 2.05) is 6.92 Å². The Balaban J connectivity index is 2.04. The minimum Gasteiger partial charge on any atom is -0.435 e. The first-order valence-electron chi connectivity index (χ1n) is 6.25. The number of benzene rings is 1. The van der Waals surface area contributed by atoms with Crippen molar-refractivity contribution in [3.63, 3.8) is 0 Å². The number of fused-ring (bicyclic) bond motifs is 1. The number of H-pyrrole nitrogens is 1. The number of anilines is 1. The summed E-state index contributed by atoms with van der Waals surface area (Å²) < 4.78 is 32.0. The van der Waals surface area contributed by atoms with Gasteiger partial charge in [-0.2, -0.15) is 15.1 Å². The van der Waals surface area contributed by atoms with Crippen molar-refractivity contribution in [2.75, 3.05) is 11.9 Å². The molecule has 0 atom stereocenters. The van der Waals surface area contributed by atoms with Crippen LogP contribution in [0.3, 0.4) is 0 Å². The summed E-state index contributed by atoms with van der Waals surface area (Å²) in [7, 11) is 0. The first-order valence-corrected chi connectivity index (χ1v) is 6.25. The number of hydrogen-bond acceptors (Lipinski definition) is 5. The molecular weight excluding hydrogens is 280 g/mol. The van der Waals surface area contributed by atoms with Crippen LogP contribution in [0.4, 0.5) is 14.7 Å². The van der Waals surface area contributed by atoms with E-state index in [4.69, 9.17) is 4.74 Å². The van der Waals surface area contributed by atoms with Gasteiger partial charge in [0.15, 0.2) is 17.2 Å². The number of hydrogen-bond donors (Lipinski definition) is 2. The maximum absolute atomic E-state index is 13.7. The van der Waals surface area contributed by atoms with Gasteiger partial charge in [-0.15, -0.1) is 0 Å². The van der Waals surface area contributed by atoms with E-state index < -0.39 is 11.6 Å². The van der Waals surface area contributed by atoms with Crippen LogP contribution < -0.4 is 10.1 Å². The monoisotopic (exact) mass is 291 g/mol. The van der Waals surface area contributed by atoms with E-state index in [2.05, 4.69) is 25.5 Å². The van der Waals surface area contributed by atoms with Gasteiger partial charge in [0.05, 0.1) is 6.20 Å². The van der Waals surface area contributed by atoms with Gasteiger partial charge >= 0.3 is 0 Å². The average molecular weight is 291 g/mol. The molecule has 21 heavy (non-hydrogen) atoms. The van der Waals surface area contributed by atoms with Gasteiger partial charge in [-0.25, -0.2) is 8.78 Å². The minimum atomic E-state index is -0.810. The Kier molecular flexibility index (Phi) is 3.35. The topological polar surface area (TPSA) is 75.7 Å². The zero-order valence-corrected chi connectivity index (χ0v) is 11.0. The lowest BCUT2D eigenvalue weighted by Gasteiger charge is -2.08. The fourth-order valence-electron chi connectivity index (χ4n) is 1.79. The molecule has 0 fully saturated rings. The summed E-state index contributed by atoms with van der Waals surface area (Å²) >= 11 is 0. The van der Waals surface area contributed by atoms with Crippen molar-refractivity contribution in [1.29, 1.82) is 0 Å². The Morgan fingerprint density at radius 1 is 1.29 bits per heavy atom. The molecule has 2 heterocycles. The molecule has 3 aromatic rings. The Morgan fingerprint density at radius 2 is 2.14 bits per heavy atom. The zero-order valence-electron chi connectivity index (χ0n) is 11.0. The van der Waals surface area contributed by atoms with Gasteiger partial charge in [0.2, 0.25) is 11.8 Å². The highest BCUT2D eigenvalue weighted by Gasteiger charge is 2.13. The van der Waals surface area contributed by atoms with Crippen LogP contribution in [0.2, 0.25) is 0 Å². The van der Waals surface area contributed by atoms with E-state index in [0.717, 1.165) is 12.1 Å². The molecule has 0 saturated carbocycles. The zero-order chi connectivity index (χ0) is 14.8. The molecule has 0 bridgehead atoms. The molecule has 0 saturated heterocycles. The number of nitrogens with one attached hydrogen (secondary N) is 2. The molecule has 108 valence electrons. The van der Waals surface area contributed by atoms with Gasteiger partial charge in [0.25, 0.3) is 0 Å². The van der Waals surface area contributed by atoms with Crippen molar-refractivity contribution >= 4 is 17.0 Å². The summed E-state index contributed by atoms with van der Waals surface area (Å²) in [6, 6.07) is 3.05. The predicted octanol–water partition coefficient (Wildman–Crippen LogP) is 2.86. The van der Waals surface area contributed by atoms with Crippen LogP contribution in [0.15, 0.2) is 24.4 Å². The van der Waals surface area contributed by atoms with Crippen molar-refractivity contribution in [1.82, 2.24) is 20.2 Å². The molecule has 0 aliphatic carbocycles. The molecule has 3 rings (SSSR count). The quantitative estimate of drug-likeness (QED) is 0.773. The Bertz CT molecular complexity index is 789. The van der Waals surface area contributed by atoms with Crippen LogP contribution in [0, 0.1) is 11.6 Å². The van der Waals surface area contributed by atoms with Crippen molar-refractivity contribution in [3.8, 4) is 11.6 Å². The van der Waals surface area contributed by atoms with E-state index in [1.165, 1.54) is 12.3 Å². The highest BCUT2D eigenvalue weighted by Crippen LogP contribution is 2.29. The molecule has 0 amide bonds. The van der Waals surface area contributed by atoms with Gasteiger partial charge in [-0.3, -0.25) is 5.10 Å². The number of rotatable bonds is 4. The summed E-state index contributed by atoms with van der Waals surface area (Å²) in [5, 5.41) is 9.98. The van der Waals surface area contributed by atoms with Crippen molar-refractivity contribution in [2.24, 2.45) is 0 Å². The number of aromatic amines is 1. The van der Waals surface area contributed by atoms with Crippen LogP contribution in [-0.4, -0.2) is 26.7 Å². The first kappa shape index (κ1) is 13.2. The molecule has 1 aromatic carbocycles. The third-order valence-electron chi connectivity index (χ3n) is 2.71. The lowest BCUT2D eigenvalue weighted by atomic mass is 10.3. The van der Waals surface area contributed by atoms with Crippen LogP contribution in [0.25, 0.3) is 11.0 Å². The van der Waals surface area contributed by atoms with Crippen LogP contribution >= 0.6 is 0 Å². The molecule has 6 nitrogen and oxygen atoms in total. The molecule has 8 heteroatoms. The van der Waals surface area contributed by atoms with E-state index in [1.54, 1.807) is 0 Å². The number of ether oxygens (including phenoxy) is 1. The fraction of sp³-hybridized carbons (Fsp3) is 0.154. The second kappa shape index (κ2) is 5.31. The Morgan fingerprint density at radius 3 is 2.90 bits per heavy atom. The number of nitrogens with zero attached hydrogens (tertiary/aromatic N) is 3. The third-order valence-corrected chi connectivity index (χ3v) is 2.71. The summed E-state index contributed by atoms with van der Waals surface area (Å²) in [5.41, 5.74) is 0.457. The summed E-state index contributed by atoms with van der Waals surface area (Å²) in [5.74, 6) is -1.15. The summed E-state index contributed by atoms with van der Waals surface area (Å²) in [6.07, 6.45) is 1.47. The molecule has 2 N–H and O–H groups in total. The van der Waals surface area contributed by atoms with E-state index >= 15 is 0 Å². The van der Waals surface area contributed by atoms with E-state index in [-0.39, 0.29) is 11.6 Å². The van der Waals surface area contributed by atoms with Gasteiger partial charge in [-0.1, -0.05) is 0 Å². The van der Waals surface area contributed by atoms with Crippen molar-refractivity contribution < 1.29 is 13.5 Å². The summed E-state index contributed by atoms with van der Waals surface area (Å²) in [6.45, 7) is 2.50. The summed E-state index contributed by atoms with van der Waals surface area (Å²) in [4.78, 5) is 8.35. The SMILES string of the molecule is CCNc1nc(Oc2ccc(F)cc2F)c2cn[nH]c2n1. The molecule has 0 radical (unpaired) electrons. The lowest BCUT2D eigenvalue weighted by Crippen LogP contribution is -2.03. The van der Waals surface area contributed by atoms with Gasteiger partial charge in [0, 0.05) is 12.6 Å². The lowest BCUT2D eigenvalue weighted by molar-refractivity contribution is 0.428. The standard InChI is InChI=1S/C13H11F2N5O/c1-2-16-13-18-11-8(6-17-20-11)12(19-13)21-10-4-3-7(14)5-9(10)15/h3-6H,2H2,1H3,(H2,16,17,18,19,20).